The monoisotopic (exact) mass is 334 g/mol. The van der Waals surface area contributed by atoms with Gasteiger partial charge in [-0.25, -0.2) is 15.0 Å². The van der Waals surface area contributed by atoms with Crippen LogP contribution < -0.4 is 5.73 Å². The number of nitrogens with two attached hydrogens (primary N) is 1. The maximum Gasteiger partial charge on any atom is 0.210 e. The summed E-state index contributed by atoms with van der Waals surface area (Å²) < 4.78 is 7.13. The molecule has 0 unspecified atom stereocenters. The number of nitrogen functional groups attached to an aromatic ring is 1. The highest BCUT2D eigenvalue weighted by atomic mass is 16.5. The van der Waals surface area contributed by atoms with Crippen LogP contribution in [-0.4, -0.2) is 54.3 Å². The number of anilines is 1. The van der Waals surface area contributed by atoms with Crippen molar-refractivity contribution in [3.05, 3.63) is 18.9 Å². The van der Waals surface area contributed by atoms with Crippen LogP contribution in [0.3, 0.4) is 0 Å². The summed E-state index contributed by atoms with van der Waals surface area (Å²) in [7, 11) is 0. The maximum absolute atomic E-state index is 12.8. The Labute approximate surface area is 138 Å². The molecule has 0 amide bonds. The van der Waals surface area contributed by atoms with Gasteiger partial charge in [-0.3, -0.25) is 9.36 Å². The molecule has 3 heterocycles. The Morgan fingerprint density at radius 1 is 1.38 bits per heavy atom. The standard InChI is InChI=1S/C15H20N5O4/c1-15(2,3)11(23)8-10(22)7(4-21)24-14(8)20-6-19-9-12(16)17-5-18-13(9)20/h5-8,10,21-22H,4H2,1-3H3,(H2,16,17,18)/t7-,8+,10-/m1/s1. The third kappa shape index (κ3) is 2.54. The molecule has 0 aromatic carbocycles. The van der Waals surface area contributed by atoms with Crippen LogP contribution in [0.5, 0.6) is 0 Å². The van der Waals surface area contributed by atoms with E-state index in [9.17, 15) is 15.0 Å². The second-order valence-electron chi connectivity index (χ2n) is 6.81. The van der Waals surface area contributed by atoms with E-state index in [-0.39, 0.29) is 17.8 Å². The number of aromatic nitrogens is 4. The van der Waals surface area contributed by atoms with Gasteiger partial charge in [-0.05, 0) is 0 Å². The van der Waals surface area contributed by atoms with Crippen molar-refractivity contribution in [3.8, 4) is 0 Å². The molecule has 4 N–H and O–H groups in total. The summed E-state index contributed by atoms with van der Waals surface area (Å²) in [4.78, 5) is 25.0. The van der Waals surface area contributed by atoms with Gasteiger partial charge < -0.3 is 20.7 Å². The summed E-state index contributed by atoms with van der Waals surface area (Å²) in [5.41, 5.74) is 5.82. The Hall–Kier alpha value is -2.10. The van der Waals surface area contributed by atoms with Gasteiger partial charge in [0.15, 0.2) is 11.5 Å². The zero-order valence-electron chi connectivity index (χ0n) is 13.7. The third-order valence-corrected chi connectivity index (χ3v) is 4.06. The van der Waals surface area contributed by atoms with Crippen molar-refractivity contribution in [1.82, 2.24) is 19.5 Å². The van der Waals surface area contributed by atoms with E-state index in [1.165, 1.54) is 17.2 Å². The number of carbonyl (C=O) groups excluding carboxylic acids is 1. The summed E-state index contributed by atoms with van der Waals surface area (Å²) in [6.45, 7) is 4.87. The number of aliphatic hydroxyl groups excluding tert-OH is 2. The van der Waals surface area contributed by atoms with Gasteiger partial charge >= 0.3 is 0 Å². The SMILES string of the molecule is CC(C)(C)C(=O)[C@H]1[C](n2cnc3c(N)ncnc32)O[C@H](CO)[C@H]1O. The van der Waals surface area contributed by atoms with E-state index in [1.807, 2.05) is 0 Å². The molecule has 0 saturated carbocycles. The molecule has 0 bridgehead atoms. The van der Waals surface area contributed by atoms with Crippen LogP contribution in [0.15, 0.2) is 12.7 Å². The number of aliphatic hydroxyl groups is 2. The normalized spacial score (nSPS) is 25.5. The predicted octanol–water partition coefficient (Wildman–Crippen LogP) is -0.271. The Morgan fingerprint density at radius 2 is 2.08 bits per heavy atom. The van der Waals surface area contributed by atoms with Crippen molar-refractivity contribution >= 4 is 22.8 Å². The highest BCUT2D eigenvalue weighted by molar-refractivity contribution is 5.89. The topological polar surface area (TPSA) is 136 Å². The Balaban J connectivity index is 2.09. The van der Waals surface area contributed by atoms with Crippen LogP contribution in [0.2, 0.25) is 0 Å². The number of imidazole rings is 1. The number of rotatable bonds is 3. The predicted molar refractivity (Wildman–Crippen MR) is 84.3 cm³/mol. The molecular weight excluding hydrogens is 314 g/mol. The van der Waals surface area contributed by atoms with Crippen LogP contribution in [-0.2, 0) is 9.53 Å². The molecule has 3 rings (SSSR count). The van der Waals surface area contributed by atoms with Crippen LogP contribution in [0.25, 0.3) is 11.2 Å². The second kappa shape index (κ2) is 5.76. The fourth-order valence-electron chi connectivity index (χ4n) is 2.76. The van der Waals surface area contributed by atoms with Gasteiger partial charge in [-0.2, -0.15) is 0 Å². The molecule has 1 aliphatic heterocycles. The minimum atomic E-state index is -1.16. The molecule has 0 aliphatic carbocycles. The molecular formula is C15H20N5O4. The Bertz CT molecular complexity index is 769. The van der Waals surface area contributed by atoms with Crippen molar-refractivity contribution in [2.45, 2.75) is 33.0 Å². The quantitative estimate of drug-likeness (QED) is 0.698. The van der Waals surface area contributed by atoms with Crippen molar-refractivity contribution in [3.63, 3.8) is 0 Å². The van der Waals surface area contributed by atoms with Gasteiger partial charge in [0.05, 0.1) is 19.0 Å². The molecule has 2 aromatic rings. The molecule has 1 aliphatic rings. The molecule has 3 atom stereocenters. The summed E-state index contributed by atoms with van der Waals surface area (Å²) >= 11 is 0. The zero-order chi connectivity index (χ0) is 17.6. The molecule has 24 heavy (non-hydrogen) atoms. The molecule has 0 spiro atoms. The number of hydrogen-bond donors (Lipinski definition) is 3. The van der Waals surface area contributed by atoms with E-state index in [2.05, 4.69) is 15.0 Å². The number of ketones is 1. The number of ether oxygens (including phenoxy) is 1. The summed E-state index contributed by atoms with van der Waals surface area (Å²) in [5, 5.41) is 19.9. The van der Waals surface area contributed by atoms with E-state index >= 15 is 0 Å². The molecule has 129 valence electrons. The number of fused-ring (bicyclic) bond motifs is 1. The van der Waals surface area contributed by atoms with Crippen LogP contribution in [0, 0.1) is 17.6 Å². The first-order valence-corrected chi connectivity index (χ1v) is 7.56. The number of Topliss-reactive ketones (excluding diaryl/α,β-unsaturated/α-hetero) is 1. The smallest absolute Gasteiger partial charge is 0.210 e. The highest BCUT2D eigenvalue weighted by Crippen LogP contribution is 2.39. The molecule has 1 radical (unpaired) electrons. The zero-order valence-corrected chi connectivity index (χ0v) is 13.7. The first kappa shape index (κ1) is 16.7. The fraction of sp³-hybridized carbons (Fsp3) is 0.533. The van der Waals surface area contributed by atoms with Crippen molar-refractivity contribution in [1.29, 1.82) is 0 Å². The first-order chi connectivity index (χ1) is 11.3. The van der Waals surface area contributed by atoms with Gasteiger partial charge in [0.1, 0.15) is 29.6 Å². The Kier molecular flexibility index (Phi) is 4.02. The number of hydrogen-bond acceptors (Lipinski definition) is 8. The van der Waals surface area contributed by atoms with Crippen LogP contribution in [0.4, 0.5) is 5.82 Å². The van der Waals surface area contributed by atoms with E-state index in [4.69, 9.17) is 10.5 Å². The van der Waals surface area contributed by atoms with Crippen LogP contribution in [0.1, 0.15) is 20.8 Å². The Morgan fingerprint density at radius 3 is 2.71 bits per heavy atom. The first-order valence-electron chi connectivity index (χ1n) is 7.56. The highest BCUT2D eigenvalue weighted by Gasteiger charge is 2.52. The lowest BCUT2D eigenvalue weighted by molar-refractivity contribution is -0.132. The molecule has 9 nitrogen and oxygen atoms in total. The minimum Gasteiger partial charge on any atom is -0.394 e. The van der Waals surface area contributed by atoms with E-state index in [0.29, 0.717) is 11.2 Å². The average Bonchev–Trinajstić information content (AvgIpc) is 3.07. The third-order valence-electron chi connectivity index (χ3n) is 4.06. The number of nitrogens with zero attached hydrogens (tertiary/aromatic N) is 4. The summed E-state index contributed by atoms with van der Waals surface area (Å²) in [5.74, 6) is -0.934. The number of carbonyl (C=O) groups is 1. The lowest BCUT2D eigenvalue weighted by atomic mass is 9.80. The van der Waals surface area contributed by atoms with E-state index in [1.54, 1.807) is 20.8 Å². The molecule has 9 heteroatoms. The van der Waals surface area contributed by atoms with E-state index < -0.39 is 30.1 Å². The van der Waals surface area contributed by atoms with Crippen molar-refractivity contribution in [2.75, 3.05) is 12.3 Å². The van der Waals surface area contributed by atoms with Gasteiger partial charge in [0.2, 0.25) is 6.23 Å². The second-order valence-corrected chi connectivity index (χ2v) is 6.81. The van der Waals surface area contributed by atoms with Gasteiger partial charge in [0, 0.05) is 5.41 Å². The molecule has 2 aromatic heterocycles. The lowest BCUT2D eigenvalue weighted by Gasteiger charge is -2.26. The minimum absolute atomic E-state index is 0.182. The molecule has 1 saturated heterocycles. The average molecular weight is 334 g/mol. The summed E-state index contributed by atoms with van der Waals surface area (Å²) in [6.07, 6.45) is 0.829. The maximum atomic E-state index is 12.8. The fourth-order valence-corrected chi connectivity index (χ4v) is 2.76. The van der Waals surface area contributed by atoms with Gasteiger partial charge in [-0.15, -0.1) is 0 Å². The summed E-state index contributed by atoms with van der Waals surface area (Å²) in [6, 6.07) is 0. The van der Waals surface area contributed by atoms with Crippen molar-refractivity contribution < 1.29 is 19.7 Å². The largest absolute Gasteiger partial charge is 0.394 e. The van der Waals surface area contributed by atoms with Gasteiger partial charge in [-0.1, -0.05) is 20.8 Å². The van der Waals surface area contributed by atoms with Crippen LogP contribution >= 0.6 is 0 Å². The lowest BCUT2D eigenvalue weighted by Crippen LogP contribution is -2.40. The van der Waals surface area contributed by atoms with Gasteiger partial charge in [0.25, 0.3) is 0 Å². The molecule has 1 fully saturated rings. The van der Waals surface area contributed by atoms with Crippen molar-refractivity contribution in [2.24, 2.45) is 11.3 Å². The van der Waals surface area contributed by atoms with E-state index in [0.717, 1.165) is 0 Å².